The van der Waals surface area contributed by atoms with Crippen LogP contribution in [0.25, 0.3) is 16.9 Å². The molecule has 0 aliphatic carbocycles. The molecule has 28 heavy (non-hydrogen) atoms. The Morgan fingerprint density at radius 2 is 1.54 bits per heavy atom. The van der Waals surface area contributed by atoms with E-state index in [2.05, 4.69) is 22.2 Å². The van der Waals surface area contributed by atoms with E-state index in [0.717, 1.165) is 24.3 Å². The van der Waals surface area contributed by atoms with Crippen molar-refractivity contribution in [2.75, 3.05) is 0 Å². The van der Waals surface area contributed by atoms with Crippen LogP contribution in [-0.2, 0) is 20.1 Å². The molecule has 2 aromatic heterocycles. The molecule has 0 saturated carbocycles. The van der Waals surface area contributed by atoms with Gasteiger partial charge in [-0.3, -0.25) is 22.2 Å². The Morgan fingerprint density at radius 1 is 0.821 bits per heavy atom. The molecule has 4 aromatic rings. The molecule has 1 radical (unpaired) electrons. The molecule has 0 fully saturated rings. The van der Waals surface area contributed by atoms with E-state index in [1.807, 2.05) is 0 Å². The number of hydrogen-bond acceptors (Lipinski definition) is 2. The number of hydrogen-bond donors (Lipinski definition) is 0. The zero-order valence-electron chi connectivity index (χ0n) is 14.0. The molecule has 0 spiro atoms. The van der Waals surface area contributed by atoms with Crippen LogP contribution in [0.4, 0.5) is 17.6 Å². The monoisotopic (exact) mass is 562 g/mol. The van der Waals surface area contributed by atoms with Gasteiger partial charge >= 0.3 is 0 Å². The Hall–Kier alpha value is -2.83. The van der Waals surface area contributed by atoms with E-state index in [1.165, 1.54) is 10.9 Å². The molecule has 0 saturated heterocycles. The number of aromatic nitrogens is 3. The Bertz CT molecular complexity index is 1030. The van der Waals surface area contributed by atoms with Crippen molar-refractivity contribution in [3.63, 3.8) is 0 Å². The molecule has 3 nitrogen and oxygen atoms in total. The molecule has 145 valence electrons. The minimum Gasteiger partial charge on any atom is -0.305 e. The van der Waals surface area contributed by atoms with Gasteiger partial charge in [-0.1, -0.05) is 23.8 Å². The molecule has 8 heteroatoms. The Morgan fingerprint density at radius 3 is 2.11 bits per heavy atom. The second-order valence-corrected chi connectivity index (χ2v) is 5.22. The standard InChI is InChI=1S/C11H6F2N.C9H5F2N2.Ir/c12-8-4-5-9(10(13)7-8)11-3-1-2-6-14-11;10-7-2-3-9(8(11)6-7)13-5-1-4-12-13;/h1-4,6-7H;1-2,4-6H;/q2*-1;. The number of pyridine rings is 1. The largest absolute Gasteiger partial charge is 0.305 e. The molecule has 0 unspecified atom stereocenters. The van der Waals surface area contributed by atoms with Gasteiger partial charge in [-0.05, 0) is 23.5 Å². The Labute approximate surface area is 172 Å². The summed E-state index contributed by atoms with van der Waals surface area (Å²) in [7, 11) is 0. The molecule has 0 atom stereocenters. The first-order valence-electron chi connectivity index (χ1n) is 7.69. The van der Waals surface area contributed by atoms with Gasteiger partial charge in [0.1, 0.15) is 0 Å². The molecule has 0 aliphatic rings. The summed E-state index contributed by atoms with van der Waals surface area (Å²) in [5, 5.41) is 3.80. The summed E-state index contributed by atoms with van der Waals surface area (Å²) >= 11 is 0. The van der Waals surface area contributed by atoms with E-state index in [4.69, 9.17) is 0 Å². The van der Waals surface area contributed by atoms with Crippen molar-refractivity contribution in [2.24, 2.45) is 0 Å². The van der Waals surface area contributed by atoms with Crippen LogP contribution in [0.3, 0.4) is 0 Å². The molecule has 0 N–H and O–H groups in total. The fourth-order valence-electron chi connectivity index (χ4n) is 2.17. The van der Waals surface area contributed by atoms with Gasteiger partial charge in [-0.2, -0.15) is 11.2 Å². The van der Waals surface area contributed by atoms with Crippen LogP contribution in [0.1, 0.15) is 0 Å². The normalized spacial score (nSPS) is 9.86. The maximum Gasteiger partial charge on any atom is 0.0493 e. The van der Waals surface area contributed by atoms with Gasteiger partial charge in [-0.15, -0.1) is 24.3 Å². The molecule has 2 heterocycles. The van der Waals surface area contributed by atoms with E-state index >= 15 is 0 Å². The summed E-state index contributed by atoms with van der Waals surface area (Å²) in [6, 6.07) is 15.5. The smallest absolute Gasteiger partial charge is 0.0493 e. The summed E-state index contributed by atoms with van der Waals surface area (Å²) in [4.78, 5) is 3.95. The average Bonchev–Trinajstić information content (AvgIpc) is 3.17. The van der Waals surface area contributed by atoms with Gasteiger partial charge in [0.25, 0.3) is 0 Å². The molecular weight excluding hydrogens is 550 g/mol. The summed E-state index contributed by atoms with van der Waals surface area (Å²) in [5.74, 6) is -2.61. The molecule has 0 bridgehead atoms. The molecule has 0 amide bonds. The zero-order valence-corrected chi connectivity index (χ0v) is 16.4. The quantitative estimate of drug-likeness (QED) is 0.261. The number of nitrogens with zero attached hydrogens (tertiary/aromatic N) is 3. The van der Waals surface area contributed by atoms with Gasteiger partial charge in [-0.25, -0.2) is 0 Å². The second kappa shape index (κ2) is 9.92. The van der Waals surface area contributed by atoms with Crippen molar-refractivity contribution in [1.29, 1.82) is 0 Å². The zero-order chi connectivity index (χ0) is 19.2. The van der Waals surface area contributed by atoms with Gasteiger partial charge in [0.2, 0.25) is 0 Å². The van der Waals surface area contributed by atoms with Crippen LogP contribution >= 0.6 is 0 Å². The van der Waals surface area contributed by atoms with Crippen LogP contribution in [0.2, 0.25) is 0 Å². The second-order valence-electron chi connectivity index (χ2n) is 5.22. The van der Waals surface area contributed by atoms with E-state index in [0.29, 0.717) is 5.69 Å². The fourth-order valence-corrected chi connectivity index (χ4v) is 2.17. The van der Waals surface area contributed by atoms with Crippen LogP contribution in [0.15, 0.2) is 67.1 Å². The van der Waals surface area contributed by atoms with Crippen LogP contribution in [-0.4, -0.2) is 14.8 Å². The first-order valence-corrected chi connectivity index (χ1v) is 7.69. The number of halogens is 4. The van der Waals surface area contributed by atoms with Crippen molar-refractivity contribution in [2.45, 2.75) is 0 Å². The summed E-state index contributed by atoms with van der Waals surface area (Å²) in [5.41, 5.74) is 0.753. The summed E-state index contributed by atoms with van der Waals surface area (Å²) in [6.07, 6.45) is 4.62. The maximum absolute atomic E-state index is 13.2. The van der Waals surface area contributed by atoms with Crippen molar-refractivity contribution in [1.82, 2.24) is 14.8 Å². The molecular formula is C20H11F4IrN3-2. The first-order chi connectivity index (χ1) is 13.0. The first kappa shape index (κ1) is 21.5. The fraction of sp³-hybridized carbons (Fsp3) is 0. The Balaban J connectivity index is 0.000000194. The number of rotatable bonds is 2. The van der Waals surface area contributed by atoms with Crippen molar-refractivity contribution >= 4 is 0 Å². The predicted octanol–water partition coefficient (Wildman–Crippen LogP) is 4.78. The average molecular weight is 562 g/mol. The van der Waals surface area contributed by atoms with Gasteiger partial charge in [0, 0.05) is 62.0 Å². The summed E-state index contributed by atoms with van der Waals surface area (Å²) < 4.78 is 52.7. The van der Waals surface area contributed by atoms with Crippen molar-refractivity contribution in [3.05, 3.63) is 103 Å². The summed E-state index contributed by atoms with van der Waals surface area (Å²) in [6.45, 7) is 0. The van der Waals surface area contributed by atoms with Gasteiger partial charge in [0.05, 0.1) is 0 Å². The molecule has 2 aromatic carbocycles. The SMILES string of the molecule is Fc1c[c-]c(-c2ccccn2)c(F)c1.Fc1c[c-]c(-n2cccn2)c(F)c1.[Ir]. The predicted molar refractivity (Wildman–Crippen MR) is 90.7 cm³/mol. The number of benzene rings is 2. The van der Waals surface area contributed by atoms with Crippen molar-refractivity contribution < 1.29 is 37.7 Å². The van der Waals surface area contributed by atoms with Gasteiger partial charge < -0.3 is 4.98 Å². The van der Waals surface area contributed by atoms with E-state index in [9.17, 15) is 17.6 Å². The Kier molecular flexibility index (Phi) is 7.60. The van der Waals surface area contributed by atoms with Crippen LogP contribution in [0.5, 0.6) is 0 Å². The third-order valence-corrected chi connectivity index (χ3v) is 3.35. The van der Waals surface area contributed by atoms with Crippen LogP contribution in [0, 0.1) is 35.4 Å². The van der Waals surface area contributed by atoms with Crippen molar-refractivity contribution in [3.8, 4) is 16.9 Å². The van der Waals surface area contributed by atoms with Crippen LogP contribution < -0.4 is 0 Å². The third-order valence-electron chi connectivity index (χ3n) is 3.35. The minimum atomic E-state index is -0.677. The van der Waals surface area contributed by atoms with E-state index in [1.54, 1.807) is 36.7 Å². The molecule has 0 aliphatic heterocycles. The van der Waals surface area contributed by atoms with Gasteiger partial charge in [0.15, 0.2) is 0 Å². The third kappa shape index (κ3) is 5.34. The van der Waals surface area contributed by atoms with E-state index < -0.39 is 23.3 Å². The van der Waals surface area contributed by atoms with E-state index in [-0.39, 0.29) is 31.4 Å². The molecule has 4 rings (SSSR count). The minimum absolute atomic E-state index is 0. The maximum atomic E-state index is 13.2. The topological polar surface area (TPSA) is 30.7 Å².